The van der Waals surface area contributed by atoms with Crippen molar-refractivity contribution in [3.63, 3.8) is 0 Å². The molecule has 0 aliphatic rings. The van der Waals surface area contributed by atoms with Gasteiger partial charge in [0, 0.05) is 23.6 Å². The van der Waals surface area contributed by atoms with Crippen molar-refractivity contribution >= 4 is 27.4 Å². The van der Waals surface area contributed by atoms with Gasteiger partial charge in [-0.25, -0.2) is 0 Å². The number of amides is 1. The Morgan fingerprint density at radius 2 is 1.82 bits per heavy atom. The van der Waals surface area contributed by atoms with Gasteiger partial charge in [0.25, 0.3) is 16.0 Å². The zero-order valence-electron chi connectivity index (χ0n) is 15.0. The normalized spacial score (nSPS) is 11.3. The summed E-state index contributed by atoms with van der Waals surface area (Å²) in [4.78, 5) is 11.9. The molecule has 0 atom stereocenters. The van der Waals surface area contributed by atoms with Gasteiger partial charge in [0.05, 0.1) is 19.1 Å². The lowest BCUT2D eigenvalue weighted by Crippen LogP contribution is -2.15. The van der Waals surface area contributed by atoms with Crippen molar-refractivity contribution in [2.75, 3.05) is 24.9 Å². The van der Waals surface area contributed by atoms with E-state index >= 15 is 0 Å². The van der Waals surface area contributed by atoms with Gasteiger partial charge in [0.1, 0.15) is 11.6 Å². The molecule has 28 heavy (non-hydrogen) atoms. The third kappa shape index (κ3) is 5.23. The zero-order valence-corrected chi connectivity index (χ0v) is 15.8. The summed E-state index contributed by atoms with van der Waals surface area (Å²) in [5.41, 5.74) is 0.394. The second-order valence-electron chi connectivity index (χ2n) is 5.34. The van der Waals surface area contributed by atoms with E-state index in [1.54, 1.807) is 24.3 Å². The largest absolute Gasteiger partial charge is 0.493 e. The predicted octanol–water partition coefficient (Wildman–Crippen LogP) is 2.41. The molecule has 0 aliphatic heterocycles. The van der Waals surface area contributed by atoms with Crippen molar-refractivity contribution in [3.05, 3.63) is 54.2 Å². The van der Waals surface area contributed by atoms with Crippen molar-refractivity contribution in [2.24, 2.45) is 0 Å². The van der Waals surface area contributed by atoms with Crippen LogP contribution in [0.1, 0.15) is 0 Å². The van der Waals surface area contributed by atoms with Crippen molar-refractivity contribution < 1.29 is 27.2 Å². The van der Waals surface area contributed by atoms with Gasteiger partial charge in [-0.15, -0.1) is 0 Å². The molecule has 2 aromatic carbocycles. The summed E-state index contributed by atoms with van der Waals surface area (Å²) in [6.45, 7) is 0. The van der Waals surface area contributed by atoms with E-state index in [-0.39, 0.29) is 16.2 Å². The number of nitrogens with zero attached hydrogens (tertiary/aromatic N) is 1. The number of carbonyl (C=O) groups is 1. The second kappa shape index (κ2) is 8.90. The molecule has 0 saturated heterocycles. The lowest BCUT2D eigenvalue weighted by molar-refractivity contribution is -0.112. The first-order valence-electron chi connectivity index (χ1n) is 7.76. The Bertz CT molecular complexity index is 1060. The molecule has 0 bridgehead atoms. The van der Waals surface area contributed by atoms with Gasteiger partial charge in [-0.2, -0.15) is 13.7 Å². The van der Waals surface area contributed by atoms with Crippen molar-refractivity contribution in [2.45, 2.75) is 4.90 Å². The average Bonchev–Trinajstić information content (AvgIpc) is 2.67. The number of benzene rings is 2. The number of hydrogen-bond acceptors (Lipinski definition) is 7. The van der Waals surface area contributed by atoms with Crippen LogP contribution in [0.15, 0.2) is 59.1 Å². The molecular weight excluding hydrogens is 386 g/mol. The van der Waals surface area contributed by atoms with Crippen LogP contribution >= 0.6 is 0 Å². The maximum atomic E-state index is 12.3. The summed E-state index contributed by atoms with van der Waals surface area (Å²) < 4.78 is 41.7. The number of ether oxygens (including phenoxy) is 2. The number of nitriles is 1. The molecule has 0 aromatic heterocycles. The Kier molecular flexibility index (Phi) is 6.59. The molecule has 0 saturated carbocycles. The van der Waals surface area contributed by atoms with E-state index in [2.05, 4.69) is 10.6 Å². The maximum absolute atomic E-state index is 12.3. The molecule has 2 aromatic rings. The number of anilines is 2. The first-order chi connectivity index (χ1) is 13.3. The first kappa shape index (κ1) is 20.8. The minimum Gasteiger partial charge on any atom is -0.493 e. The molecule has 0 radical (unpaired) electrons. The van der Waals surface area contributed by atoms with Crippen molar-refractivity contribution in [1.29, 1.82) is 5.26 Å². The van der Waals surface area contributed by atoms with Crippen molar-refractivity contribution in [3.8, 4) is 17.6 Å². The van der Waals surface area contributed by atoms with Crippen LogP contribution in [-0.4, -0.2) is 33.1 Å². The van der Waals surface area contributed by atoms with Crippen LogP contribution in [0.2, 0.25) is 0 Å². The van der Waals surface area contributed by atoms with Crippen LogP contribution in [0.3, 0.4) is 0 Å². The quantitative estimate of drug-likeness (QED) is 0.364. The molecule has 0 aliphatic carbocycles. The average molecular weight is 403 g/mol. The van der Waals surface area contributed by atoms with Crippen LogP contribution in [0, 0.1) is 11.3 Å². The number of carbonyl (C=O) groups excluding carboxylic acids is 1. The van der Waals surface area contributed by atoms with E-state index in [4.69, 9.17) is 14.0 Å². The van der Waals surface area contributed by atoms with Crippen LogP contribution in [0.25, 0.3) is 0 Å². The fourth-order valence-electron chi connectivity index (χ4n) is 2.16. The summed E-state index contributed by atoms with van der Waals surface area (Å²) >= 11 is 0. The summed E-state index contributed by atoms with van der Waals surface area (Å²) in [7, 11) is -1.43. The summed E-state index contributed by atoms with van der Waals surface area (Å²) in [6, 6.07) is 11.7. The smallest absolute Gasteiger partial charge is 0.294 e. The fraction of sp³-hybridized carbons (Fsp3) is 0.111. The Morgan fingerprint density at radius 3 is 2.43 bits per heavy atom. The third-order valence-corrected chi connectivity index (χ3v) is 4.37. The Hall–Kier alpha value is -3.55. The number of methoxy groups -OCH3 is 2. The second-order valence-corrected chi connectivity index (χ2v) is 6.76. The van der Waals surface area contributed by atoms with Gasteiger partial charge >= 0.3 is 0 Å². The minimum atomic E-state index is -4.41. The Labute approximate surface area is 161 Å². The highest BCUT2D eigenvalue weighted by atomic mass is 32.2. The highest BCUT2D eigenvalue weighted by Crippen LogP contribution is 2.29. The fourth-order valence-corrected chi connectivity index (χ4v) is 2.69. The van der Waals surface area contributed by atoms with Gasteiger partial charge in [-0.1, -0.05) is 6.07 Å². The van der Waals surface area contributed by atoms with Gasteiger partial charge in [-0.05, 0) is 30.3 Å². The lowest BCUT2D eigenvalue weighted by Gasteiger charge is -2.10. The van der Waals surface area contributed by atoms with Crippen molar-refractivity contribution in [1.82, 2.24) is 0 Å². The van der Waals surface area contributed by atoms with Crippen LogP contribution in [0.4, 0.5) is 11.4 Å². The van der Waals surface area contributed by atoms with Gasteiger partial charge in [0.2, 0.25) is 0 Å². The minimum absolute atomic E-state index is 0.104. The van der Waals surface area contributed by atoms with Crippen LogP contribution < -0.4 is 20.1 Å². The standard InChI is InChI=1S/C18H17N3O6S/c1-26-16-7-6-13(9-17(16)27-2)20-11-12(10-19)18(22)21-14-4-3-5-15(8-14)28(23,24)25/h3-9,11,20H,1-2H3,(H,21,22)(H,23,24,25)/b12-11-. The zero-order chi connectivity index (χ0) is 20.7. The van der Waals surface area contributed by atoms with E-state index in [0.717, 1.165) is 6.07 Å². The van der Waals surface area contributed by atoms with E-state index in [1.807, 2.05) is 0 Å². The molecule has 0 fully saturated rings. The molecule has 3 N–H and O–H groups in total. The van der Waals surface area contributed by atoms with E-state index in [0.29, 0.717) is 17.2 Å². The molecule has 146 valence electrons. The summed E-state index contributed by atoms with van der Waals surface area (Å²) in [5.74, 6) is 0.225. The summed E-state index contributed by atoms with van der Waals surface area (Å²) in [5, 5.41) is 14.4. The van der Waals surface area contributed by atoms with E-state index in [1.165, 1.54) is 38.6 Å². The SMILES string of the molecule is COc1ccc(N/C=C(/C#N)C(=O)Nc2cccc(S(=O)(=O)O)c2)cc1OC. The predicted molar refractivity (Wildman–Crippen MR) is 102 cm³/mol. The monoisotopic (exact) mass is 403 g/mol. The van der Waals surface area contributed by atoms with Gasteiger partial charge in [0.15, 0.2) is 11.5 Å². The number of hydrogen-bond donors (Lipinski definition) is 3. The topological polar surface area (TPSA) is 138 Å². The number of nitrogens with one attached hydrogen (secondary N) is 2. The molecule has 0 heterocycles. The molecule has 2 rings (SSSR count). The molecule has 9 nitrogen and oxygen atoms in total. The Balaban J connectivity index is 2.17. The molecule has 1 amide bonds. The van der Waals surface area contributed by atoms with Crippen LogP contribution in [0.5, 0.6) is 11.5 Å². The van der Waals surface area contributed by atoms with Crippen LogP contribution in [-0.2, 0) is 14.9 Å². The molecule has 0 spiro atoms. The Morgan fingerprint density at radius 1 is 1.11 bits per heavy atom. The molecule has 0 unspecified atom stereocenters. The highest BCUT2D eigenvalue weighted by Gasteiger charge is 2.13. The lowest BCUT2D eigenvalue weighted by atomic mass is 10.2. The maximum Gasteiger partial charge on any atom is 0.294 e. The number of rotatable bonds is 7. The van der Waals surface area contributed by atoms with Gasteiger partial charge in [-0.3, -0.25) is 9.35 Å². The summed E-state index contributed by atoms with van der Waals surface area (Å²) in [6.07, 6.45) is 1.20. The van der Waals surface area contributed by atoms with E-state index < -0.39 is 16.0 Å². The van der Waals surface area contributed by atoms with Gasteiger partial charge < -0.3 is 20.1 Å². The molecule has 10 heteroatoms. The molecular formula is C18H17N3O6S. The first-order valence-corrected chi connectivity index (χ1v) is 9.20. The highest BCUT2D eigenvalue weighted by molar-refractivity contribution is 7.85. The third-order valence-electron chi connectivity index (χ3n) is 3.52. The van der Waals surface area contributed by atoms with E-state index in [9.17, 15) is 18.5 Å².